The highest BCUT2D eigenvalue weighted by molar-refractivity contribution is 6.49. The maximum absolute atomic E-state index is 13.4. The molecule has 7 heteroatoms. The second-order valence-electron chi connectivity index (χ2n) is 6.08. The van der Waals surface area contributed by atoms with E-state index in [0.29, 0.717) is 11.1 Å². The Morgan fingerprint density at radius 2 is 1.52 bits per heavy atom. The summed E-state index contributed by atoms with van der Waals surface area (Å²) in [7, 11) is 0. The number of esters is 2. The van der Waals surface area contributed by atoms with E-state index >= 15 is 0 Å². The van der Waals surface area contributed by atoms with Crippen LogP contribution < -0.4 is 0 Å². The largest absolute Gasteiger partial charge is 0.465 e. The SMILES string of the molecule is CCOC(=O)C(/C=C(\Cl)c1ccccc1)(C(=O)OCC)C(Cl)c1ccc(F)cc1. The second-order valence-corrected chi connectivity index (χ2v) is 6.93. The van der Waals surface area contributed by atoms with Gasteiger partial charge < -0.3 is 9.47 Å². The first-order valence-electron chi connectivity index (χ1n) is 9.04. The number of ether oxygens (including phenoxy) is 2. The molecule has 0 saturated heterocycles. The number of hydrogen-bond acceptors (Lipinski definition) is 4. The van der Waals surface area contributed by atoms with Crippen LogP contribution in [0.25, 0.3) is 5.03 Å². The quantitative estimate of drug-likeness (QED) is 0.310. The molecule has 0 aliphatic heterocycles. The molecule has 0 fully saturated rings. The van der Waals surface area contributed by atoms with Gasteiger partial charge in [0.05, 0.1) is 18.6 Å². The molecule has 2 rings (SSSR count). The van der Waals surface area contributed by atoms with Gasteiger partial charge in [0.15, 0.2) is 0 Å². The Morgan fingerprint density at radius 1 is 1.00 bits per heavy atom. The third kappa shape index (κ3) is 5.17. The Morgan fingerprint density at radius 3 is 2.00 bits per heavy atom. The summed E-state index contributed by atoms with van der Waals surface area (Å²) in [5.41, 5.74) is -1.16. The van der Waals surface area contributed by atoms with Gasteiger partial charge in [0.25, 0.3) is 0 Å². The van der Waals surface area contributed by atoms with Gasteiger partial charge in [0.1, 0.15) is 5.82 Å². The fraction of sp³-hybridized carbons (Fsp3) is 0.273. The predicted molar refractivity (Wildman–Crippen MR) is 111 cm³/mol. The van der Waals surface area contributed by atoms with Crippen LogP contribution in [0.3, 0.4) is 0 Å². The highest BCUT2D eigenvalue weighted by Crippen LogP contribution is 2.45. The lowest BCUT2D eigenvalue weighted by molar-refractivity contribution is -0.168. The van der Waals surface area contributed by atoms with Crippen LogP contribution in [0, 0.1) is 11.2 Å². The van der Waals surface area contributed by atoms with Gasteiger partial charge in [-0.25, -0.2) is 4.39 Å². The molecule has 0 aromatic heterocycles. The van der Waals surface area contributed by atoms with E-state index in [1.165, 1.54) is 30.3 Å². The van der Waals surface area contributed by atoms with Crippen molar-refractivity contribution >= 4 is 40.2 Å². The topological polar surface area (TPSA) is 52.6 Å². The standard InChI is InChI=1S/C22H21Cl2FO4/c1-3-28-20(26)22(21(27)29-4-2,14-18(23)15-8-6-5-7-9-15)19(24)16-10-12-17(25)13-11-16/h5-14,19H,3-4H2,1-2H3/b18-14-. The van der Waals surface area contributed by atoms with E-state index < -0.39 is 28.5 Å². The molecular weight excluding hydrogens is 418 g/mol. The molecule has 4 nitrogen and oxygen atoms in total. The van der Waals surface area contributed by atoms with Gasteiger partial charge in [-0.1, -0.05) is 54.1 Å². The fourth-order valence-electron chi connectivity index (χ4n) is 2.76. The zero-order chi connectivity index (χ0) is 21.4. The number of benzene rings is 2. The molecule has 0 spiro atoms. The first-order chi connectivity index (χ1) is 13.9. The van der Waals surface area contributed by atoms with E-state index in [4.69, 9.17) is 32.7 Å². The summed E-state index contributed by atoms with van der Waals surface area (Å²) >= 11 is 13.1. The summed E-state index contributed by atoms with van der Waals surface area (Å²) in [6, 6.07) is 13.9. The number of carbonyl (C=O) groups excluding carboxylic acids is 2. The zero-order valence-corrected chi connectivity index (χ0v) is 17.5. The van der Waals surface area contributed by atoms with Crippen molar-refractivity contribution in [1.29, 1.82) is 0 Å². The fourth-order valence-corrected chi connectivity index (χ4v) is 3.44. The number of halogens is 3. The monoisotopic (exact) mass is 438 g/mol. The van der Waals surface area contributed by atoms with E-state index in [1.54, 1.807) is 44.2 Å². The lowest BCUT2D eigenvalue weighted by Crippen LogP contribution is -2.44. The normalized spacial score (nSPS) is 12.9. The summed E-state index contributed by atoms with van der Waals surface area (Å²) in [4.78, 5) is 26.1. The van der Waals surface area contributed by atoms with Gasteiger partial charge in [-0.2, -0.15) is 0 Å². The maximum Gasteiger partial charge on any atom is 0.329 e. The Balaban J connectivity index is 2.70. The Kier molecular flexibility index (Phi) is 8.23. The van der Waals surface area contributed by atoms with Crippen LogP contribution in [0.15, 0.2) is 60.7 Å². The Labute approximate surface area is 179 Å². The van der Waals surface area contributed by atoms with Gasteiger partial charge in [-0.3, -0.25) is 9.59 Å². The molecule has 0 aliphatic rings. The maximum atomic E-state index is 13.4. The van der Waals surface area contributed by atoms with Crippen LogP contribution in [0.5, 0.6) is 0 Å². The third-order valence-corrected chi connectivity index (χ3v) is 5.12. The van der Waals surface area contributed by atoms with Crippen molar-refractivity contribution in [3.05, 3.63) is 77.6 Å². The smallest absolute Gasteiger partial charge is 0.329 e. The van der Waals surface area contributed by atoms with E-state index in [1.807, 2.05) is 0 Å². The summed E-state index contributed by atoms with van der Waals surface area (Å²) in [6.45, 7) is 3.25. The van der Waals surface area contributed by atoms with Crippen LogP contribution in [0.1, 0.15) is 30.4 Å². The summed E-state index contributed by atoms with van der Waals surface area (Å²) in [5.74, 6) is -2.29. The minimum absolute atomic E-state index is 0.0177. The molecule has 29 heavy (non-hydrogen) atoms. The number of hydrogen-bond donors (Lipinski definition) is 0. The van der Waals surface area contributed by atoms with Crippen molar-refractivity contribution in [3.8, 4) is 0 Å². The van der Waals surface area contributed by atoms with E-state index in [-0.39, 0.29) is 18.2 Å². The van der Waals surface area contributed by atoms with E-state index in [2.05, 4.69) is 0 Å². The van der Waals surface area contributed by atoms with Gasteiger partial charge >= 0.3 is 11.9 Å². The summed E-state index contributed by atoms with van der Waals surface area (Å²) in [5, 5.41) is -1.13. The minimum atomic E-state index is -2.07. The summed E-state index contributed by atoms with van der Waals surface area (Å²) in [6.07, 6.45) is 1.25. The van der Waals surface area contributed by atoms with E-state index in [9.17, 15) is 14.0 Å². The number of alkyl halides is 1. The molecule has 1 unspecified atom stereocenters. The van der Waals surface area contributed by atoms with Crippen molar-refractivity contribution in [2.45, 2.75) is 19.2 Å². The third-order valence-electron chi connectivity index (χ3n) is 4.19. The van der Waals surface area contributed by atoms with Gasteiger partial charge in [-0.05, 0) is 43.2 Å². The van der Waals surface area contributed by atoms with Crippen LogP contribution in [0.2, 0.25) is 0 Å². The molecule has 0 bridgehead atoms. The van der Waals surface area contributed by atoms with Crippen LogP contribution in [0.4, 0.5) is 4.39 Å². The molecule has 0 amide bonds. The van der Waals surface area contributed by atoms with Crippen molar-refractivity contribution in [3.63, 3.8) is 0 Å². The lowest BCUT2D eigenvalue weighted by Gasteiger charge is -2.31. The Hall–Kier alpha value is -2.37. The van der Waals surface area contributed by atoms with Crippen molar-refractivity contribution in [1.82, 2.24) is 0 Å². The first-order valence-corrected chi connectivity index (χ1v) is 9.86. The molecule has 154 valence electrons. The lowest BCUT2D eigenvalue weighted by atomic mass is 9.79. The van der Waals surface area contributed by atoms with E-state index in [0.717, 1.165) is 0 Å². The van der Waals surface area contributed by atoms with Crippen molar-refractivity contribution < 1.29 is 23.5 Å². The molecule has 0 heterocycles. The van der Waals surface area contributed by atoms with Crippen LogP contribution in [-0.4, -0.2) is 25.2 Å². The molecule has 1 atom stereocenters. The average Bonchev–Trinajstić information content (AvgIpc) is 2.72. The number of carbonyl (C=O) groups is 2. The minimum Gasteiger partial charge on any atom is -0.465 e. The molecule has 0 aliphatic carbocycles. The van der Waals surface area contributed by atoms with Gasteiger partial charge in [0, 0.05) is 5.03 Å². The first kappa shape index (κ1) is 22.9. The highest BCUT2D eigenvalue weighted by Gasteiger charge is 2.54. The average molecular weight is 439 g/mol. The molecule has 0 saturated carbocycles. The second kappa shape index (κ2) is 10.4. The predicted octanol–water partition coefficient (Wildman–Crippen LogP) is 5.50. The van der Waals surface area contributed by atoms with Gasteiger partial charge in [-0.15, -0.1) is 11.6 Å². The summed E-state index contributed by atoms with van der Waals surface area (Å²) < 4.78 is 23.7. The van der Waals surface area contributed by atoms with Crippen LogP contribution >= 0.6 is 23.2 Å². The Bertz CT molecular complexity index is 848. The number of rotatable bonds is 8. The van der Waals surface area contributed by atoms with Crippen LogP contribution in [-0.2, 0) is 19.1 Å². The zero-order valence-electron chi connectivity index (χ0n) is 16.0. The van der Waals surface area contributed by atoms with Gasteiger partial charge in [0.2, 0.25) is 5.41 Å². The molecular formula is C22H21Cl2FO4. The van der Waals surface area contributed by atoms with Crippen molar-refractivity contribution in [2.75, 3.05) is 13.2 Å². The molecule has 0 N–H and O–H groups in total. The molecule has 0 radical (unpaired) electrons. The van der Waals surface area contributed by atoms with Crippen molar-refractivity contribution in [2.24, 2.45) is 5.41 Å². The molecule has 2 aromatic carbocycles. The highest BCUT2D eigenvalue weighted by atomic mass is 35.5. The molecule has 2 aromatic rings.